The molecule has 0 radical (unpaired) electrons. The second-order valence-corrected chi connectivity index (χ2v) is 7.19. The first-order valence-corrected chi connectivity index (χ1v) is 8.20. The van der Waals surface area contributed by atoms with Gasteiger partial charge in [-0.1, -0.05) is 25.4 Å². The summed E-state index contributed by atoms with van der Waals surface area (Å²) in [5.74, 6) is 1.87. The van der Waals surface area contributed by atoms with E-state index in [1.807, 2.05) is 4.68 Å². The van der Waals surface area contributed by atoms with Crippen molar-refractivity contribution in [1.29, 1.82) is 0 Å². The zero-order valence-electron chi connectivity index (χ0n) is 13.0. The lowest BCUT2D eigenvalue weighted by molar-refractivity contribution is 0.0592. The molecule has 1 unspecified atom stereocenters. The molecule has 3 nitrogen and oxygen atoms in total. The average Bonchev–Trinajstić information content (AvgIpc) is 2.80. The van der Waals surface area contributed by atoms with Crippen LogP contribution in [0.1, 0.15) is 71.2 Å². The number of aliphatic hydroxyl groups is 1. The first-order valence-electron chi connectivity index (χ1n) is 7.82. The zero-order valence-corrected chi connectivity index (χ0v) is 13.8. The Balaban J connectivity index is 2.09. The van der Waals surface area contributed by atoms with E-state index in [1.165, 1.54) is 12.8 Å². The summed E-state index contributed by atoms with van der Waals surface area (Å²) in [5, 5.41) is 15.6. The van der Waals surface area contributed by atoms with Crippen molar-refractivity contribution in [2.24, 2.45) is 17.8 Å². The number of nitrogens with zero attached hydrogens (tertiary/aromatic N) is 2. The fourth-order valence-corrected chi connectivity index (χ4v) is 3.63. The van der Waals surface area contributed by atoms with Crippen molar-refractivity contribution in [3.8, 4) is 0 Å². The Morgan fingerprint density at radius 1 is 1.15 bits per heavy atom. The van der Waals surface area contributed by atoms with E-state index in [9.17, 15) is 5.11 Å². The first kappa shape index (κ1) is 15.8. The molecule has 2 rings (SSSR count). The molecule has 4 heteroatoms. The summed E-state index contributed by atoms with van der Waals surface area (Å²) in [6.07, 6.45) is 5.77. The maximum Gasteiger partial charge on any atom is 0.0999 e. The highest BCUT2D eigenvalue weighted by atomic mass is 35.5. The van der Waals surface area contributed by atoms with Gasteiger partial charge in [0.05, 0.1) is 23.0 Å². The van der Waals surface area contributed by atoms with E-state index < -0.39 is 6.10 Å². The molecule has 1 N–H and O–H groups in total. The Bertz CT molecular complexity index is 434. The molecule has 0 aliphatic heterocycles. The predicted molar refractivity (Wildman–Crippen MR) is 82.9 cm³/mol. The Kier molecular flexibility index (Phi) is 5.14. The van der Waals surface area contributed by atoms with Crippen molar-refractivity contribution in [3.05, 3.63) is 16.9 Å². The minimum absolute atomic E-state index is 0.221. The Hall–Kier alpha value is -0.540. The highest BCUT2D eigenvalue weighted by molar-refractivity contribution is 6.31. The van der Waals surface area contributed by atoms with Gasteiger partial charge >= 0.3 is 0 Å². The van der Waals surface area contributed by atoms with E-state index in [4.69, 9.17) is 11.6 Å². The predicted octanol–water partition coefficient (Wildman–Crippen LogP) is 4.61. The summed E-state index contributed by atoms with van der Waals surface area (Å²) in [7, 11) is 0. The SMILES string of the molecule is CC(C)C1CCC(C(O)c2c(Cl)cnn2C(C)C)CC1. The molecule has 1 heterocycles. The molecule has 0 bridgehead atoms. The number of aromatic nitrogens is 2. The van der Waals surface area contributed by atoms with Crippen LogP contribution in [0.4, 0.5) is 0 Å². The standard InChI is InChI=1S/C16H27ClN2O/c1-10(2)12-5-7-13(8-6-12)16(20)15-14(17)9-18-19(15)11(3)4/h9-13,16,20H,5-8H2,1-4H3. The van der Waals surface area contributed by atoms with Crippen LogP contribution in [0.3, 0.4) is 0 Å². The van der Waals surface area contributed by atoms with Gasteiger partial charge in [-0.05, 0) is 57.3 Å². The lowest BCUT2D eigenvalue weighted by Gasteiger charge is -2.33. The summed E-state index contributed by atoms with van der Waals surface area (Å²) in [6.45, 7) is 8.72. The van der Waals surface area contributed by atoms with Gasteiger partial charge < -0.3 is 5.11 Å². The zero-order chi connectivity index (χ0) is 14.9. The molecule has 0 saturated heterocycles. The van der Waals surface area contributed by atoms with E-state index >= 15 is 0 Å². The van der Waals surface area contributed by atoms with Crippen LogP contribution in [0, 0.1) is 17.8 Å². The fourth-order valence-electron chi connectivity index (χ4n) is 3.39. The Labute approximate surface area is 127 Å². The second kappa shape index (κ2) is 6.48. The molecule has 0 aromatic carbocycles. The van der Waals surface area contributed by atoms with Crippen LogP contribution in [0.15, 0.2) is 6.20 Å². The maximum absolute atomic E-state index is 10.7. The molecule has 1 aromatic heterocycles. The smallest absolute Gasteiger partial charge is 0.0999 e. The van der Waals surface area contributed by atoms with Gasteiger partial charge in [-0.3, -0.25) is 4.68 Å². The van der Waals surface area contributed by atoms with Crippen LogP contribution in [0.2, 0.25) is 5.02 Å². The molecule has 1 aromatic rings. The van der Waals surface area contributed by atoms with Crippen LogP contribution < -0.4 is 0 Å². The second-order valence-electron chi connectivity index (χ2n) is 6.78. The van der Waals surface area contributed by atoms with Crippen LogP contribution in [-0.4, -0.2) is 14.9 Å². The molecule has 20 heavy (non-hydrogen) atoms. The third-order valence-corrected chi connectivity index (χ3v) is 5.05. The Morgan fingerprint density at radius 2 is 1.70 bits per heavy atom. The number of hydrogen-bond donors (Lipinski definition) is 1. The van der Waals surface area contributed by atoms with Gasteiger partial charge in [-0.25, -0.2) is 0 Å². The molecule has 0 amide bonds. The summed E-state index contributed by atoms with van der Waals surface area (Å²) in [6, 6.07) is 0.221. The normalized spacial score (nSPS) is 25.4. The number of rotatable bonds is 4. The summed E-state index contributed by atoms with van der Waals surface area (Å²) in [5.41, 5.74) is 0.801. The molecule has 1 atom stereocenters. The third-order valence-electron chi connectivity index (χ3n) is 4.76. The lowest BCUT2D eigenvalue weighted by atomic mass is 9.75. The van der Waals surface area contributed by atoms with Gasteiger partial charge in [-0.15, -0.1) is 0 Å². The van der Waals surface area contributed by atoms with Gasteiger partial charge in [-0.2, -0.15) is 5.10 Å². The summed E-state index contributed by atoms with van der Waals surface area (Å²) >= 11 is 6.24. The quantitative estimate of drug-likeness (QED) is 0.881. The molecular weight excluding hydrogens is 272 g/mol. The first-order chi connectivity index (χ1) is 9.41. The number of halogens is 1. The lowest BCUT2D eigenvalue weighted by Crippen LogP contribution is -2.25. The topological polar surface area (TPSA) is 38.1 Å². The van der Waals surface area contributed by atoms with Crippen molar-refractivity contribution >= 4 is 11.6 Å². The van der Waals surface area contributed by atoms with Gasteiger partial charge in [0.1, 0.15) is 0 Å². The average molecular weight is 299 g/mol. The largest absolute Gasteiger partial charge is 0.386 e. The van der Waals surface area contributed by atoms with Crippen molar-refractivity contribution < 1.29 is 5.11 Å². The summed E-state index contributed by atoms with van der Waals surface area (Å²) in [4.78, 5) is 0. The molecule has 1 aliphatic rings. The van der Waals surface area contributed by atoms with Crippen LogP contribution in [0.5, 0.6) is 0 Å². The Morgan fingerprint density at radius 3 is 2.20 bits per heavy atom. The molecule has 1 aliphatic carbocycles. The molecular formula is C16H27ClN2O. The van der Waals surface area contributed by atoms with Crippen molar-refractivity contribution in [2.75, 3.05) is 0 Å². The molecule has 1 saturated carbocycles. The van der Waals surface area contributed by atoms with Crippen molar-refractivity contribution in [1.82, 2.24) is 9.78 Å². The highest BCUT2D eigenvalue weighted by Gasteiger charge is 2.31. The van der Waals surface area contributed by atoms with Gasteiger partial charge in [0.2, 0.25) is 0 Å². The minimum atomic E-state index is -0.486. The van der Waals surface area contributed by atoms with Crippen molar-refractivity contribution in [2.45, 2.75) is 65.5 Å². The van der Waals surface area contributed by atoms with E-state index in [0.717, 1.165) is 30.4 Å². The highest BCUT2D eigenvalue weighted by Crippen LogP contribution is 2.41. The van der Waals surface area contributed by atoms with Gasteiger partial charge in [0, 0.05) is 6.04 Å². The molecule has 0 spiro atoms. The van der Waals surface area contributed by atoms with Crippen LogP contribution in [0.25, 0.3) is 0 Å². The van der Waals surface area contributed by atoms with Gasteiger partial charge in [0.25, 0.3) is 0 Å². The molecule has 1 fully saturated rings. The van der Waals surface area contributed by atoms with E-state index in [1.54, 1.807) is 6.20 Å². The number of hydrogen-bond acceptors (Lipinski definition) is 2. The number of aliphatic hydroxyl groups excluding tert-OH is 1. The molecule has 114 valence electrons. The van der Waals surface area contributed by atoms with Crippen LogP contribution >= 0.6 is 11.6 Å². The monoisotopic (exact) mass is 298 g/mol. The summed E-state index contributed by atoms with van der Waals surface area (Å²) < 4.78 is 1.86. The fraction of sp³-hybridized carbons (Fsp3) is 0.812. The maximum atomic E-state index is 10.7. The van der Waals surface area contributed by atoms with E-state index in [-0.39, 0.29) is 6.04 Å². The third kappa shape index (κ3) is 3.20. The minimum Gasteiger partial charge on any atom is -0.386 e. The van der Waals surface area contributed by atoms with E-state index in [0.29, 0.717) is 10.9 Å². The van der Waals surface area contributed by atoms with Crippen molar-refractivity contribution in [3.63, 3.8) is 0 Å². The van der Waals surface area contributed by atoms with Gasteiger partial charge in [0.15, 0.2) is 0 Å². The van der Waals surface area contributed by atoms with E-state index in [2.05, 4.69) is 32.8 Å². The van der Waals surface area contributed by atoms with Crippen LogP contribution in [-0.2, 0) is 0 Å².